The molecule has 0 heterocycles. The van der Waals surface area contributed by atoms with Crippen molar-refractivity contribution in [3.63, 3.8) is 0 Å². The van der Waals surface area contributed by atoms with E-state index in [0.29, 0.717) is 0 Å². The second kappa shape index (κ2) is 5.18. The molecule has 1 rings (SSSR count). The Morgan fingerprint density at radius 1 is 1.28 bits per heavy atom. The molecule has 100 valence electrons. The smallest absolute Gasteiger partial charge is 0.423 e. The number of hydrogen-bond acceptors (Lipinski definition) is 4. The largest absolute Gasteiger partial charge is 0.489 e. The van der Waals surface area contributed by atoms with Gasteiger partial charge in [-0.25, -0.2) is 13.1 Å². The highest BCUT2D eigenvalue weighted by Gasteiger charge is 2.28. The average Bonchev–Trinajstić information content (AvgIpc) is 2.12. The van der Waals surface area contributed by atoms with Gasteiger partial charge in [-0.2, -0.15) is 0 Å². The molecule has 0 saturated carbocycles. The first-order valence-electron chi connectivity index (χ1n) is 5.22. The first kappa shape index (κ1) is 15.5. The van der Waals surface area contributed by atoms with Crippen molar-refractivity contribution in [3.8, 4) is 0 Å². The molecular formula is C10H15BClNO4S. The van der Waals surface area contributed by atoms with Gasteiger partial charge in [-0.3, -0.25) is 0 Å². The first-order valence-corrected chi connectivity index (χ1v) is 7.08. The van der Waals surface area contributed by atoms with Gasteiger partial charge in [0, 0.05) is 16.0 Å². The predicted molar refractivity (Wildman–Crippen MR) is 71.4 cm³/mol. The van der Waals surface area contributed by atoms with Gasteiger partial charge in [0.2, 0.25) is 10.0 Å². The molecule has 0 spiro atoms. The van der Waals surface area contributed by atoms with E-state index in [-0.39, 0.29) is 15.4 Å². The second-order valence-corrected chi connectivity index (χ2v) is 7.00. The van der Waals surface area contributed by atoms with Crippen LogP contribution in [0.25, 0.3) is 0 Å². The minimum absolute atomic E-state index is 0.153. The molecule has 1 aromatic rings. The molecule has 0 amide bonds. The highest BCUT2D eigenvalue weighted by atomic mass is 35.5. The summed E-state index contributed by atoms with van der Waals surface area (Å²) in [5.74, 6) is 0. The summed E-state index contributed by atoms with van der Waals surface area (Å²) in [7, 11) is -5.75. The van der Waals surface area contributed by atoms with Crippen LogP contribution in [0.1, 0.15) is 20.8 Å². The summed E-state index contributed by atoms with van der Waals surface area (Å²) in [5.41, 5.74) is -0.824. The maximum atomic E-state index is 12.1. The Kier molecular flexibility index (Phi) is 4.45. The summed E-state index contributed by atoms with van der Waals surface area (Å²) in [6.45, 7) is 5.07. The van der Waals surface area contributed by atoms with E-state index in [4.69, 9.17) is 11.6 Å². The van der Waals surface area contributed by atoms with Gasteiger partial charge in [0.1, 0.15) is 0 Å². The van der Waals surface area contributed by atoms with Crippen LogP contribution in [0.5, 0.6) is 0 Å². The minimum atomic E-state index is -3.84. The van der Waals surface area contributed by atoms with E-state index >= 15 is 0 Å². The van der Waals surface area contributed by atoms with E-state index in [1.807, 2.05) is 0 Å². The Balaban J connectivity index is 3.33. The number of nitrogens with one attached hydrogen (secondary N) is 1. The van der Waals surface area contributed by atoms with Crippen LogP contribution in [-0.2, 0) is 10.0 Å². The number of rotatable bonds is 3. The van der Waals surface area contributed by atoms with Gasteiger partial charge >= 0.3 is 7.12 Å². The topological polar surface area (TPSA) is 86.6 Å². The quantitative estimate of drug-likeness (QED) is 0.689. The van der Waals surface area contributed by atoms with E-state index in [0.717, 1.165) is 0 Å². The Labute approximate surface area is 112 Å². The zero-order valence-electron chi connectivity index (χ0n) is 10.3. The van der Waals surface area contributed by atoms with Gasteiger partial charge in [0.25, 0.3) is 0 Å². The molecule has 0 fully saturated rings. The number of sulfonamides is 1. The van der Waals surface area contributed by atoms with E-state index in [1.165, 1.54) is 18.2 Å². The van der Waals surface area contributed by atoms with Gasteiger partial charge in [0.15, 0.2) is 0 Å². The predicted octanol–water partition coefficient (Wildman–Crippen LogP) is 0.0966. The number of benzene rings is 1. The molecule has 0 saturated heterocycles. The fourth-order valence-electron chi connectivity index (χ4n) is 1.42. The number of hydrogen-bond donors (Lipinski definition) is 3. The monoisotopic (exact) mass is 291 g/mol. The van der Waals surface area contributed by atoms with Crippen LogP contribution in [0, 0.1) is 0 Å². The summed E-state index contributed by atoms with van der Waals surface area (Å²) in [6, 6.07) is 3.83. The van der Waals surface area contributed by atoms with E-state index in [9.17, 15) is 18.5 Å². The maximum Gasteiger partial charge on any atom is 0.489 e. The van der Waals surface area contributed by atoms with Crippen LogP contribution < -0.4 is 10.2 Å². The molecule has 0 radical (unpaired) electrons. The Bertz CT molecular complexity index is 539. The van der Waals surface area contributed by atoms with Crippen LogP contribution in [-0.4, -0.2) is 31.1 Å². The molecule has 0 unspecified atom stereocenters. The van der Waals surface area contributed by atoms with Crippen LogP contribution in [0.15, 0.2) is 23.1 Å². The van der Waals surface area contributed by atoms with E-state index < -0.39 is 22.7 Å². The van der Waals surface area contributed by atoms with Crippen molar-refractivity contribution >= 4 is 34.2 Å². The second-order valence-electron chi connectivity index (χ2n) is 4.91. The van der Waals surface area contributed by atoms with Crippen molar-refractivity contribution < 1.29 is 18.5 Å². The molecule has 0 atom stereocenters. The molecule has 1 aromatic carbocycles. The van der Waals surface area contributed by atoms with Crippen molar-refractivity contribution in [1.82, 2.24) is 4.72 Å². The normalized spacial score (nSPS) is 12.6. The molecule has 0 aliphatic carbocycles. The standard InChI is InChI=1S/C10H15BClNO4S/c1-10(2,3)13-18(16,17)9-5-4-7(12)6-8(9)11(14)15/h4-6,13-15H,1-3H3. The zero-order valence-corrected chi connectivity index (χ0v) is 11.9. The average molecular weight is 292 g/mol. The fourth-order valence-corrected chi connectivity index (χ4v) is 3.24. The maximum absolute atomic E-state index is 12.1. The van der Waals surface area contributed by atoms with Crippen molar-refractivity contribution in [1.29, 1.82) is 0 Å². The summed E-state index contributed by atoms with van der Waals surface area (Å²) >= 11 is 5.71. The lowest BCUT2D eigenvalue weighted by Gasteiger charge is -2.21. The fraction of sp³-hybridized carbons (Fsp3) is 0.400. The van der Waals surface area contributed by atoms with Crippen molar-refractivity contribution in [2.75, 3.05) is 0 Å². The van der Waals surface area contributed by atoms with Crippen molar-refractivity contribution in [3.05, 3.63) is 23.2 Å². The molecular weight excluding hydrogens is 276 g/mol. The molecule has 0 aliphatic rings. The highest BCUT2D eigenvalue weighted by molar-refractivity contribution is 7.89. The third kappa shape index (κ3) is 3.96. The molecule has 18 heavy (non-hydrogen) atoms. The lowest BCUT2D eigenvalue weighted by atomic mass is 9.80. The summed E-state index contributed by atoms with van der Waals surface area (Å²) in [5, 5.41) is 18.6. The molecule has 0 bridgehead atoms. The van der Waals surface area contributed by atoms with Gasteiger partial charge < -0.3 is 10.0 Å². The van der Waals surface area contributed by atoms with Crippen LogP contribution in [0.3, 0.4) is 0 Å². The summed E-state index contributed by atoms with van der Waals surface area (Å²) in [6.07, 6.45) is 0. The summed E-state index contributed by atoms with van der Waals surface area (Å²) < 4.78 is 26.6. The SMILES string of the molecule is CC(C)(C)NS(=O)(=O)c1ccc(Cl)cc1B(O)O. The van der Waals surface area contributed by atoms with Gasteiger partial charge in [-0.15, -0.1) is 0 Å². The highest BCUT2D eigenvalue weighted by Crippen LogP contribution is 2.15. The zero-order chi connectivity index (χ0) is 14.1. The van der Waals surface area contributed by atoms with Crippen molar-refractivity contribution in [2.24, 2.45) is 0 Å². The Hall–Kier alpha value is -0.595. The molecule has 0 aromatic heterocycles. The van der Waals surface area contributed by atoms with E-state index in [1.54, 1.807) is 20.8 Å². The molecule has 3 N–H and O–H groups in total. The molecule has 0 aliphatic heterocycles. The number of halogens is 1. The molecule has 8 heteroatoms. The van der Waals surface area contributed by atoms with Gasteiger partial charge in [-0.05, 0) is 39.0 Å². The summed E-state index contributed by atoms with van der Waals surface area (Å²) in [4.78, 5) is -0.197. The first-order chi connectivity index (χ1) is 8.03. The van der Waals surface area contributed by atoms with Crippen molar-refractivity contribution in [2.45, 2.75) is 31.2 Å². The third-order valence-electron chi connectivity index (χ3n) is 1.98. The Morgan fingerprint density at radius 2 is 1.83 bits per heavy atom. The van der Waals surface area contributed by atoms with Crippen LogP contribution in [0.2, 0.25) is 5.02 Å². The van der Waals surface area contributed by atoms with Crippen LogP contribution in [0.4, 0.5) is 0 Å². The van der Waals surface area contributed by atoms with Gasteiger partial charge in [0.05, 0.1) is 4.90 Å². The third-order valence-corrected chi connectivity index (χ3v) is 4.05. The molecule has 5 nitrogen and oxygen atoms in total. The lowest BCUT2D eigenvalue weighted by molar-refractivity contribution is 0.424. The Morgan fingerprint density at radius 3 is 2.28 bits per heavy atom. The minimum Gasteiger partial charge on any atom is -0.423 e. The van der Waals surface area contributed by atoms with E-state index in [2.05, 4.69) is 4.72 Å². The van der Waals surface area contributed by atoms with Gasteiger partial charge in [-0.1, -0.05) is 11.6 Å². The van der Waals surface area contributed by atoms with Crippen LogP contribution >= 0.6 is 11.6 Å². The lowest BCUT2D eigenvalue weighted by Crippen LogP contribution is -2.44.